The number of benzene rings is 4. The maximum atomic E-state index is 9.96. The summed E-state index contributed by atoms with van der Waals surface area (Å²) in [5.41, 5.74) is 14.4. The molecule has 0 saturated carbocycles. The Morgan fingerprint density at radius 1 is 0.371 bits per heavy atom. The van der Waals surface area contributed by atoms with Crippen LogP contribution in [-0.4, -0.2) is 43.6 Å². The van der Waals surface area contributed by atoms with Crippen LogP contribution in [0.5, 0.6) is 0 Å². The van der Waals surface area contributed by atoms with Crippen molar-refractivity contribution >= 4 is 29.9 Å². The molecular formula is C62H96B2BrFO4. The monoisotopic (exact) mass is 1030 g/mol. The van der Waals surface area contributed by atoms with E-state index in [9.17, 15) is 4.39 Å². The van der Waals surface area contributed by atoms with Gasteiger partial charge < -0.3 is 18.6 Å². The van der Waals surface area contributed by atoms with Crippen LogP contribution < -0.4 is 0 Å². The second-order valence-corrected chi connectivity index (χ2v) is 29.1. The van der Waals surface area contributed by atoms with E-state index in [0.29, 0.717) is 0 Å². The average Bonchev–Trinajstić information content (AvgIpc) is 3.55. The lowest BCUT2D eigenvalue weighted by molar-refractivity contribution is 0.00578. The van der Waals surface area contributed by atoms with Gasteiger partial charge in [-0.3, -0.25) is 4.39 Å². The van der Waals surface area contributed by atoms with E-state index >= 15 is 0 Å². The van der Waals surface area contributed by atoms with E-state index in [0.717, 1.165) is 4.47 Å². The van der Waals surface area contributed by atoms with Gasteiger partial charge >= 0.3 is 14.0 Å². The quantitative estimate of drug-likeness (QED) is 0.192. The molecule has 4 aromatic carbocycles. The lowest BCUT2D eigenvalue weighted by atomic mass is 9.49. The van der Waals surface area contributed by atoms with Crippen LogP contribution in [0.2, 0.25) is 0 Å². The van der Waals surface area contributed by atoms with Gasteiger partial charge in [-0.2, -0.15) is 0 Å². The van der Waals surface area contributed by atoms with Crippen molar-refractivity contribution in [1.29, 1.82) is 0 Å². The number of rotatable bonds is 3. The Morgan fingerprint density at radius 3 is 0.814 bits per heavy atom. The zero-order valence-corrected chi connectivity index (χ0v) is 50.8. The minimum atomic E-state index is -1.00. The van der Waals surface area contributed by atoms with E-state index in [1.165, 1.54) is 61.2 Å². The van der Waals surface area contributed by atoms with Gasteiger partial charge in [0.25, 0.3) is 0 Å². The van der Waals surface area contributed by atoms with Crippen LogP contribution in [0, 0.1) is 6.92 Å². The van der Waals surface area contributed by atoms with Crippen LogP contribution in [0.4, 0.5) is 4.39 Å². The third kappa shape index (κ3) is 15.6. The second kappa shape index (κ2) is 21.2. The number of aryl methyl sites for hydroxylation is 1. The van der Waals surface area contributed by atoms with Crippen molar-refractivity contribution in [2.24, 2.45) is 0 Å². The van der Waals surface area contributed by atoms with Crippen LogP contribution in [0.3, 0.4) is 0 Å². The van der Waals surface area contributed by atoms with Crippen LogP contribution in [0.25, 0.3) is 22.3 Å². The summed E-state index contributed by atoms with van der Waals surface area (Å²) >= 11 is 3.72. The highest BCUT2D eigenvalue weighted by molar-refractivity contribution is 9.10. The fraction of sp³-hybridized carbons (Fsp3) is 0.613. The molecule has 0 radical (unpaired) electrons. The van der Waals surface area contributed by atoms with Gasteiger partial charge in [-0.05, 0) is 163 Å². The normalized spacial score (nSPS) is 17.9. The lowest BCUT2D eigenvalue weighted by Gasteiger charge is -2.32. The largest absolute Gasteiger partial charge is 0.488 e. The van der Waals surface area contributed by atoms with E-state index < -0.39 is 21.2 Å². The van der Waals surface area contributed by atoms with Gasteiger partial charge in [0, 0.05) is 4.47 Å². The van der Waals surface area contributed by atoms with Crippen molar-refractivity contribution < 1.29 is 24.4 Å². The predicted molar refractivity (Wildman–Crippen MR) is 308 cm³/mol. The van der Waals surface area contributed by atoms with Crippen molar-refractivity contribution in [3.63, 3.8) is 0 Å². The van der Waals surface area contributed by atoms with Gasteiger partial charge in [0.2, 0.25) is 0 Å². The van der Waals surface area contributed by atoms with Crippen molar-refractivity contribution in [3.05, 3.63) is 116 Å². The maximum absolute atomic E-state index is 9.96. The van der Waals surface area contributed by atoms with E-state index in [4.69, 9.17) is 20.0 Å². The first kappa shape index (κ1) is 59.8. The Labute approximate surface area is 439 Å². The van der Waals surface area contributed by atoms with Crippen molar-refractivity contribution in [2.75, 3.05) is 7.15 Å². The van der Waals surface area contributed by atoms with Crippen molar-refractivity contribution in [3.8, 4) is 22.3 Å². The van der Waals surface area contributed by atoms with Gasteiger partial charge in [-0.15, -0.1) is 0 Å². The molecule has 0 amide bonds. The first-order valence-corrected chi connectivity index (χ1v) is 26.3. The summed E-state index contributed by atoms with van der Waals surface area (Å²) in [6.45, 7) is 59.6. The summed E-state index contributed by atoms with van der Waals surface area (Å²) in [4.78, 5) is 0. The summed E-state index contributed by atoms with van der Waals surface area (Å²) in [7, 11) is -1.95. The SMILES string of the molecule is CC(C)(C)c1cc(Br)cc(-c2cc(C(C)(C)C)cc(C(C)(C)C)c2)c1.CC1(C)OB(B2OC(C)(C)C(C)(C)O2)OC1(C)C.Cc1cc(-c2cc(C(C)(C)C)cc(C(C)(C)C)c2)cc(C(C)(C)C)c1.[2H]CF. The van der Waals surface area contributed by atoms with Gasteiger partial charge in [0.05, 0.1) is 30.9 Å². The Bertz CT molecular complexity index is 2170. The van der Waals surface area contributed by atoms with Crippen LogP contribution in [-0.2, 0) is 51.1 Å². The molecule has 0 unspecified atom stereocenters. The summed E-state index contributed by atoms with van der Waals surface area (Å²) in [5, 5.41) is 0. The molecule has 0 atom stereocenters. The van der Waals surface area contributed by atoms with E-state index in [2.05, 4.69) is 220 Å². The third-order valence-corrected chi connectivity index (χ3v) is 14.9. The van der Waals surface area contributed by atoms with Crippen molar-refractivity contribution in [2.45, 2.75) is 242 Å². The highest BCUT2D eigenvalue weighted by Gasteiger charge is 2.63. The lowest BCUT2D eigenvalue weighted by Crippen LogP contribution is -2.41. The second-order valence-electron chi connectivity index (χ2n) is 28.2. The van der Waals surface area contributed by atoms with E-state index in [1.807, 2.05) is 55.4 Å². The minimum absolute atomic E-state index is 0.132. The molecule has 8 heteroatoms. The Morgan fingerprint density at radius 2 is 0.571 bits per heavy atom. The summed E-state index contributed by atoms with van der Waals surface area (Å²) in [5.74, 6) is 0. The van der Waals surface area contributed by atoms with Gasteiger partial charge in [-0.25, -0.2) is 0 Å². The van der Waals surface area contributed by atoms with E-state index in [1.54, 1.807) is 0 Å². The smallest absolute Gasteiger partial charge is 0.405 e. The number of hydrogen-bond acceptors (Lipinski definition) is 4. The number of alkyl halides is 1. The molecule has 6 rings (SSSR count). The molecule has 4 nitrogen and oxygen atoms in total. The third-order valence-electron chi connectivity index (χ3n) is 14.5. The molecule has 2 aliphatic rings. The number of hydrogen-bond donors (Lipinski definition) is 0. The molecule has 0 bridgehead atoms. The molecule has 0 spiro atoms. The topological polar surface area (TPSA) is 36.9 Å². The highest BCUT2D eigenvalue weighted by Crippen LogP contribution is 2.44. The Balaban J connectivity index is 0.000000277. The average molecular weight is 1030 g/mol. The number of halogens is 2. The molecule has 2 saturated heterocycles. The molecule has 2 fully saturated rings. The zero-order chi connectivity index (χ0) is 55.1. The Kier molecular flexibility index (Phi) is 18.2. The van der Waals surface area contributed by atoms with Crippen LogP contribution in [0.1, 0.15) is 220 Å². The molecule has 0 N–H and O–H groups in total. The summed E-state index contributed by atoms with van der Waals surface area (Å²) < 4.78 is 40.5. The molecule has 2 heterocycles. The molecule has 70 heavy (non-hydrogen) atoms. The van der Waals surface area contributed by atoms with Gasteiger partial charge in [0.15, 0.2) is 0 Å². The predicted octanol–water partition coefficient (Wildman–Crippen LogP) is 18.4. The first-order valence-electron chi connectivity index (χ1n) is 26.2. The highest BCUT2D eigenvalue weighted by atomic mass is 79.9. The first-order chi connectivity index (χ1) is 31.6. The van der Waals surface area contributed by atoms with Crippen LogP contribution >= 0.6 is 15.9 Å². The molecule has 2 aliphatic heterocycles. The molecule has 388 valence electrons. The molecule has 4 aromatic rings. The van der Waals surface area contributed by atoms with Crippen molar-refractivity contribution in [1.82, 2.24) is 0 Å². The zero-order valence-electron chi connectivity index (χ0n) is 50.2. The molecule has 0 aromatic heterocycles. The fourth-order valence-corrected chi connectivity index (χ4v) is 8.39. The van der Waals surface area contributed by atoms with Crippen LogP contribution in [0.15, 0.2) is 77.3 Å². The summed E-state index contributed by atoms with van der Waals surface area (Å²) in [6, 6.07) is 28.1. The standard InChI is InChI=1S/C25H36.C24H33Br.C12H24B2O4.CH3F/c1-17-11-18(13-20(12-17)23(2,3)4)19-14-21(24(5,6)7)16-22(15-19)25(8,9)10;1-22(2,3)18-10-16(11-19(14-18)23(4,5)6)17-12-20(24(7,8)9)15-21(25)13-17;1-9(2)10(3,4)16-13(15-9)14-17-11(5,6)12(7,8)18-14;1-2/h11-16H,1-10H3;10-15H,1-9H3;1-8H3;1H3/i;;;1D. The fourth-order valence-electron chi connectivity index (χ4n) is 7.89. The maximum Gasteiger partial charge on any atom is 0.488 e. The Hall–Kier alpha value is -2.74. The van der Waals surface area contributed by atoms with Gasteiger partial charge in [-0.1, -0.05) is 207 Å². The molecular weight excluding hydrogens is 929 g/mol. The van der Waals surface area contributed by atoms with E-state index in [-0.39, 0.29) is 54.9 Å². The van der Waals surface area contributed by atoms with Gasteiger partial charge in [0.1, 0.15) is 0 Å². The minimum Gasteiger partial charge on any atom is -0.405 e. The molecule has 0 aliphatic carbocycles. The summed E-state index contributed by atoms with van der Waals surface area (Å²) in [6.07, 6.45) is 0.